The fraction of sp³-hybridized carbons (Fsp3) is 0.500. The molecule has 114 valence electrons. The maximum atomic E-state index is 11.7. The molecule has 0 bridgehead atoms. The minimum Gasteiger partial charge on any atom is -0.507 e. The zero-order valence-electron chi connectivity index (χ0n) is 12.5. The van der Waals surface area contributed by atoms with Crippen LogP contribution >= 0.6 is 0 Å². The quantitative estimate of drug-likeness (QED) is 0.373. The number of hydrogen-bond acceptors (Lipinski definition) is 4. The van der Waals surface area contributed by atoms with Crippen LogP contribution in [0.3, 0.4) is 0 Å². The molecule has 1 amide bonds. The number of rotatable bonds is 3. The van der Waals surface area contributed by atoms with E-state index in [1.807, 2.05) is 13.0 Å². The van der Waals surface area contributed by atoms with Crippen LogP contribution in [0.5, 0.6) is 0 Å². The number of allylic oxidation sites excluding steroid dienone is 3. The smallest absolute Gasteiger partial charge is 0.261 e. The number of ether oxygens (including phenoxy) is 1. The average molecular weight is 291 g/mol. The molecule has 5 heteroatoms. The number of hydrogen-bond donors (Lipinski definition) is 1. The van der Waals surface area contributed by atoms with Gasteiger partial charge in [0.25, 0.3) is 5.91 Å². The Balaban J connectivity index is 2.07. The number of carbonyl (C=O) groups is 2. The maximum absolute atomic E-state index is 11.7. The van der Waals surface area contributed by atoms with Gasteiger partial charge in [-0.1, -0.05) is 17.7 Å². The summed E-state index contributed by atoms with van der Waals surface area (Å²) in [4.78, 5) is 24.7. The molecule has 1 N–H and O–H groups in total. The third-order valence-corrected chi connectivity index (χ3v) is 3.64. The van der Waals surface area contributed by atoms with Gasteiger partial charge in [0.05, 0.1) is 12.6 Å². The molecular formula is C16H21NO4. The molecule has 2 fully saturated rings. The zero-order chi connectivity index (χ0) is 15.4. The first kappa shape index (κ1) is 15.5. The molecule has 0 saturated carbocycles. The number of amides is 1. The Bertz CT molecular complexity index is 524. The van der Waals surface area contributed by atoms with Gasteiger partial charge in [-0.25, -0.2) is 0 Å². The molecule has 2 saturated heterocycles. The zero-order valence-corrected chi connectivity index (χ0v) is 12.5. The van der Waals surface area contributed by atoms with Crippen molar-refractivity contribution in [2.45, 2.75) is 32.3 Å². The molecule has 1 unspecified atom stereocenters. The molecule has 2 rings (SSSR count). The van der Waals surface area contributed by atoms with E-state index in [1.54, 1.807) is 6.08 Å². The van der Waals surface area contributed by atoms with Crippen LogP contribution in [0.1, 0.15) is 26.2 Å². The number of ketones is 1. The molecule has 0 aliphatic carbocycles. The Morgan fingerprint density at radius 2 is 2.10 bits per heavy atom. The molecule has 5 nitrogen and oxygen atoms in total. The van der Waals surface area contributed by atoms with Crippen molar-refractivity contribution < 1.29 is 19.4 Å². The van der Waals surface area contributed by atoms with E-state index in [-0.39, 0.29) is 29.8 Å². The summed E-state index contributed by atoms with van der Waals surface area (Å²) in [5.74, 6) is -1.05. The molecule has 0 aromatic rings. The lowest BCUT2D eigenvalue weighted by atomic mass is 10.1. The molecule has 0 radical (unpaired) electrons. The first-order chi connectivity index (χ1) is 9.99. The summed E-state index contributed by atoms with van der Waals surface area (Å²) < 4.78 is 5.60. The Morgan fingerprint density at radius 3 is 2.67 bits per heavy atom. The minimum atomic E-state index is -0.431. The van der Waals surface area contributed by atoms with E-state index in [1.165, 1.54) is 18.0 Å². The Kier molecular flexibility index (Phi) is 4.96. The van der Waals surface area contributed by atoms with Gasteiger partial charge in [-0.3, -0.25) is 9.59 Å². The van der Waals surface area contributed by atoms with E-state index in [2.05, 4.69) is 0 Å². The highest BCUT2D eigenvalue weighted by Crippen LogP contribution is 2.18. The average Bonchev–Trinajstić information content (AvgIpc) is 2.71. The van der Waals surface area contributed by atoms with Gasteiger partial charge in [-0.15, -0.1) is 0 Å². The van der Waals surface area contributed by atoms with Gasteiger partial charge in [0, 0.05) is 13.7 Å². The highest BCUT2D eigenvalue weighted by Gasteiger charge is 2.33. The standard InChI is InChI=1S/C16H21NO4/c1-11(9-12-5-3-4-8-21-12)6-7-13(18)15-14(19)10-17(2)16(15)20/h6-7,9,12,18H,3-5,8,10H2,1-2H3/b7-6+,11-9+,15-13-. The topological polar surface area (TPSA) is 66.8 Å². The second kappa shape index (κ2) is 6.72. The van der Waals surface area contributed by atoms with Gasteiger partial charge < -0.3 is 14.7 Å². The van der Waals surface area contributed by atoms with Crippen molar-refractivity contribution in [3.63, 3.8) is 0 Å². The lowest BCUT2D eigenvalue weighted by Gasteiger charge is -2.19. The first-order valence-corrected chi connectivity index (χ1v) is 7.19. The van der Waals surface area contributed by atoms with E-state index < -0.39 is 5.91 Å². The molecule has 1 atom stereocenters. The van der Waals surface area contributed by atoms with Crippen LogP contribution in [0.4, 0.5) is 0 Å². The first-order valence-electron chi connectivity index (χ1n) is 7.19. The van der Waals surface area contributed by atoms with Crippen molar-refractivity contribution in [2.24, 2.45) is 0 Å². The second-order valence-electron chi connectivity index (χ2n) is 5.49. The summed E-state index contributed by atoms with van der Waals surface area (Å²) in [6.07, 6.45) is 8.46. The number of Topliss-reactive ketones (excluding diaryl/α,β-unsaturated/α-hetero) is 1. The van der Waals surface area contributed by atoms with Crippen molar-refractivity contribution in [3.8, 4) is 0 Å². The molecule has 21 heavy (non-hydrogen) atoms. The van der Waals surface area contributed by atoms with Crippen LogP contribution < -0.4 is 0 Å². The summed E-state index contributed by atoms with van der Waals surface area (Å²) >= 11 is 0. The van der Waals surface area contributed by atoms with Crippen LogP contribution in [0.25, 0.3) is 0 Å². The molecule has 0 spiro atoms. The fourth-order valence-corrected chi connectivity index (χ4v) is 2.47. The predicted molar refractivity (Wildman–Crippen MR) is 78.8 cm³/mol. The number of aliphatic hydroxyl groups excluding tert-OH is 1. The number of nitrogens with zero attached hydrogens (tertiary/aromatic N) is 1. The third-order valence-electron chi connectivity index (χ3n) is 3.64. The number of likely N-dealkylation sites (N-methyl/N-ethyl adjacent to an activating group) is 1. The van der Waals surface area contributed by atoms with Crippen LogP contribution in [0, 0.1) is 0 Å². The normalized spacial score (nSPS) is 26.9. The van der Waals surface area contributed by atoms with Gasteiger partial charge in [-0.05, 0) is 32.3 Å². The molecule has 0 aromatic heterocycles. The molecular weight excluding hydrogens is 270 g/mol. The van der Waals surface area contributed by atoms with Crippen molar-refractivity contribution in [3.05, 3.63) is 35.1 Å². The monoisotopic (exact) mass is 291 g/mol. The van der Waals surface area contributed by atoms with E-state index in [9.17, 15) is 14.7 Å². The van der Waals surface area contributed by atoms with Crippen LogP contribution in [0.15, 0.2) is 35.1 Å². The van der Waals surface area contributed by atoms with Gasteiger partial charge in [-0.2, -0.15) is 0 Å². The maximum Gasteiger partial charge on any atom is 0.261 e. The van der Waals surface area contributed by atoms with Gasteiger partial charge in [0.2, 0.25) is 0 Å². The van der Waals surface area contributed by atoms with Gasteiger partial charge in [0.1, 0.15) is 11.3 Å². The van der Waals surface area contributed by atoms with E-state index in [0.29, 0.717) is 0 Å². The summed E-state index contributed by atoms with van der Waals surface area (Å²) in [5.41, 5.74) is 0.802. The minimum absolute atomic E-state index is 0.0246. The largest absolute Gasteiger partial charge is 0.507 e. The lowest BCUT2D eigenvalue weighted by molar-refractivity contribution is -0.123. The van der Waals surface area contributed by atoms with Gasteiger partial charge in [0.15, 0.2) is 5.78 Å². The van der Waals surface area contributed by atoms with Crippen molar-refractivity contribution >= 4 is 11.7 Å². The summed E-state index contributed by atoms with van der Waals surface area (Å²) in [7, 11) is 1.54. The SMILES string of the molecule is CC(/C=C/C(O)=C1\C(=O)CN(C)C1=O)=C\C1CCCCO1. The molecule has 2 aliphatic heterocycles. The van der Waals surface area contributed by atoms with Crippen LogP contribution in [-0.4, -0.2) is 48.0 Å². The number of aliphatic hydroxyl groups is 1. The van der Waals surface area contributed by atoms with E-state index >= 15 is 0 Å². The van der Waals surface area contributed by atoms with Crippen molar-refractivity contribution in [1.29, 1.82) is 0 Å². The van der Waals surface area contributed by atoms with Crippen molar-refractivity contribution in [1.82, 2.24) is 4.90 Å². The Morgan fingerprint density at radius 1 is 1.33 bits per heavy atom. The Labute approximate surface area is 124 Å². The van der Waals surface area contributed by atoms with E-state index in [4.69, 9.17) is 4.74 Å². The van der Waals surface area contributed by atoms with Crippen LogP contribution in [-0.2, 0) is 14.3 Å². The Hall–Kier alpha value is -1.88. The van der Waals surface area contributed by atoms with E-state index in [0.717, 1.165) is 31.4 Å². The predicted octanol–water partition coefficient (Wildman–Crippen LogP) is 1.91. The number of carbonyl (C=O) groups excluding carboxylic acids is 2. The van der Waals surface area contributed by atoms with Gasteiger partial charge >= 0.3 is 0 Å². The lowest BCUT2D eigenvalue weighted by Crippen LogP contribution is -2.19. The van der Waals surface area contributed by atoms with Crippen molar-refractivity contribution in [2.75, 3.05) is 20.2 Å². The highest BCUT2D eigenvalue weighted by molar-refractivity contribution is 6.25. The fourth-order valence-electron chi connectivity index (χ4n) is 2.47. The second-order valence-corrected chi connectivity index (χ2v) is 5.49. The summed E-state index contributed by atoms with van der Waals surface area (Å²) in [6.45, 7) is 2.70. The summed E-state index contributed by atoms with van der Waals surface area (Å²) in [6, 6.07) is 0. The van der Waals surface area contributed by atoms with Crippen LogP contribution in [0.2, 0.25) is 0 Å². The molecule has 0 aromatic carbocycles. The molecule has 2 aliphatic rings. The third kappa shape index (κ3) is 3.82. The molecule has 2 heterocycles. The summed E-state index contributed by atoms with van der Waals surface area (Å²) in [5, 5.41) is 9.93. The highest BCUT2D eigenvalue weighted by atomic mass is 16.5. The number of likely N-dealkylation sites (tertiary alicyclic amines) is 1.